The SMILES string of the molecule is CCNCc1cc(Oc2ccc(Br)c(F)c2)ncc1Cl. The van der Waals surface area contributed by atoms with Crippen LogP contribution in [-0.4, -0.2) is 11.5 Å². The van der Waals surface area contributed by atoms with Gasteiger partial charge in [-0.15, -0.1) is 0 Å². The number of hydrogen-bond donors (Lipinski definition) is 1. The molecule has 0 radical (unpaired) electrons. The third kappa shape index (κ3) is 3.91. The molecule has 0 bridgehead atoms. The molecule has 0 aliphatic rings. The number of rotatable bonds is 5. The molecule has 1 N–H and O–H groups in total. The number of aromatic nitrogens is 1. The van der Waals surface area contributed by atoms with Crippen molar-refractivity contribution in [3.63, 3.8) is 0 Å². The first kappa shape index (κ1) is 15.2. The van der Waals surface area contributed by atoms with Gasteiger partial charge in [0.25, 0.3) is 0 Å². The van der Waals surface area contributed by atoms with E-state index in [9.17, 15) is 4.39 Å². The molecule has 2 aromatic rings. The molecule has 106 valence electrons. The molecule has 2 rings (SSSR count). The Hall–Kier alpha value is -1.17. The van der Waals surface area contributed by atoms with Crippen molar-refractivity contribution in [2.24, 2.45) is 0 Å². The molecule has 0 saturated carbocycles. The van der Waals surface area contributed by atoms with Crippen molar-refractivity contribution in [3.8, 4) is 11.6 Å². The van der Waals surface area contributed by atoms with Crippen LogP contribution >= 0.6 is 27.5 Å². The minimum Gasteiger partial charge on any atom is -0.439 e. The zero-order valence-electron chi connectivity index (χ0n) is 10.8. The highest BCUT2D eigenvalue weighted by Gasteiger charge is 2.07. The number of halogens is 3. The van der Waals surface area contributed by atoms with Gasteiger partial charge in [0.05, 0.1) is 9.50 Å². The fraction of sp³-hybridized carbons (Fsp3) is 0.214. The zero-order valence-corrected chi connectivity index (χ0v) is 13.1. The fourth-order valence-electron chi connectivity index (χ4n) is 1.57. The van der Waals surface area contributed by atoms with Crippen molar-refractivity contribution < 1.29 is 9.13 Å². The number of pyridine rings is 1. The Labute approximate surface area is 130 Å². The minimum absolute atomic E-state index is 0.379. The summed E-state index contributed by atoms with van der Waals surface area (Å²) in [6.07, 6.45) is 1.53. The van der Waals surface area contributed by atoms with Crippen LogP contribution in [0.15, 0.2) is 34.9 Å². The van der Waals surface area contributed by atoms with Crippen LogP contribution in [0.4, 0.5) is 4.39 Å². The molecule has 1 aromatic carbocycles. The molecule has 0 aliphatic heterocycles. The van der Waals surface area contributed by atoms with Crippen molar-refractivity contribution in [2.45, 2.75) is 13.5 Å². The highest BCUT2D eigenvalue weighted by atomic mass is 79.9. The fourth-order valence-corrected chi connectivity index (χ4v) is 1.99. The van der Waals surface area contributed by atoms with E-state index in [0.29, 0.717) is 27.7 Å². The number of hydrogen-bond acceptors (Lipinski definition) is 3. The van der Waals surface area contributed by atoms with E-state index in [1.807, 2.05) is 6.92 Å². The lowest BCUT2D eigenvalue weighted by atomic mass is 10.2. The first-order valence-corrected chi connectivity index (χ1v) is 7.25. The summed E-state index contributed by atoms with van der Waals surface area (Å²) >= 11 is 9.15. The largest absolute Gasteiger partial charge is 0.439 e. The second-order valence-electron chi connectivity index (χ2n) is 4.07. The van der Waals surface area contributed by atoms with Gasteiger partial charge in [0.2, 0.25) is 5.88 Å². The highest BCUT2D eigenvalue weighted by Crippen LogP contribution is 2.26. The van der Waals surface area contributed by atoms with Gasteiger partial charge < -0.3 is 10.1 Å². The molecule has 1 heterocycles. The number of benzene rings is 1. The average Bonchev–Trinajstić information content (AvgIpc) is 2.43. The van der Waals surface area contributed by atoms with Gasteiger partial charge in [-0.25, -0.2) is 9.37 Å². The Morgan fingerprint density at radius 3 is 2.90 bits per heavy atom. The Morgan fingerprint density at radius 2 is 2.20 bits per heavy atom. The molecule has 0 amide bonds. The van der Waals surface area contributed by atoms with Crippen molar-refractivity contribution in [1.29, 1.82) is 0 Å². The van der Waals surface area contributed by atoms with Crippen LogP contribution in [0.3, 0.4) is 0 Å². The molecule has 1 aromatic heterocycles. The van der Waals surface area contributed by atoms with Crippen molar-refractivity contribution in [3.05, 3.63) is 51.3 Å². The normalized spacial score (nSPS) is 10.6. The van der Waals surface area contributed by atoms with Crippen LogP contribution in [-0.2, 0) is 6.54 Å². The van der Waals surface area contributed by atoms with E-state index >= 15 is 0 Å². The lowest BCUT2D eigenvalue weighted by Gasteiger charge is -2.09. The summed E-state index contributed by atoms with van der Waals surface area (Å²) in [7, 11) is 0. The molecule has 20 heavy (non-hydrogen) atoms. The minimum atomic E-state index is -0.385. The van der Waals surface area contributed by atoms with Gasteiger partial charge in [-0.2, -0.15) is 0 Å². The van der Waals surface area contributed by atoms with Gasteiger partial charge in [-0.1, -0.05) is 18.5 Å². The predicted molar refractivity (Wildman–Crippen MR) is 80.8 cm³/mol. The third-order valence-corrected chi connectivity index (χ3v) is 3.57. The van der Waals surface area contributed by atoms with Crippen LogP contribution in [0.2, 0.25) is 5.02 Å². The second kappa shape index (κ2) is 7.02. The first-order valence-electron chi connectivity index (χ1n) is 6.08. The van der Waals surface area contributed by atoms with Crippen LogP contribution in [0.5, 0.6) is 11.6 Å². The van der Waals surface area contributed by atoms with E-state index in [1.54, 1.807) is 18.2 Å². The standard InChI is InChI=1S/C14H13BrClFN2O/c1-2-18-7-9-5-14(19-8-12(9)16)20-10-3-4-11(15)13(17)6-10/h3-6,8,18H,2,7H2,1H3. The smallest absolute Gasteiger partial charge is 0.219 e. The van der Waals surface area contributed by atoms with Crippen molar-refractivity contribution in [2.75, 3.05) is 6.54 Å². The third-order valence-electron chi connectivity index (χ3n) is 2.59. The Morgan fingerprint density at radius 1 is 1.40 bits per heavy atom. The molecule has 0 atom stereocenters. The quantitative estimate of drug-likeness (QED) is 0.851. The van der Waals surface area contributed by atoms with Gasteiger partial charge in [0, 0.05) is 24.9 Å². The molecule has 0 saturated heterocycles. The molecule has 0 fully saturated rings. The van der Waals surface area contributed by atoms with Gasteiger partial charge >= 0.3 is 0 Å². The van der Waals surface area contributed by atoms with E-state index in [0.717, 1.165) is 12.1 Å². The van der Waals surface area contributed by atoms with E-state index in [4.69, 9.17) is 16.3 Å². The molecule has 0 aliphatic carbocycles. The van der Waals surface area contributed by atoms with Crippen LogP contribution in [0.1, 0.15) is 12.5 Å². The van der Waals surface area contributed by atoms with E-state index in [2.05, 4.69) is 26.2 Å². The summed E-state index contributed by atoms with van der Waals surface area (Å²) in [5.41, 5.74) is 0.885. The number of ether oxygens (including phenoxy) is 1. The van der Waals surface area contributed by atoms with Crippen molar-refractivity contribution >= 4 is 27.5 Å². The summed E-state index contributed by atoms with van der Waals surface area (Å²) in [4.78, 5) is 4.08. The zero-order chi connectivity index (χ0) is 14.5. The highest BCUT2D eigenvalue weighted by molar-refractivity contribution is 9.10. The summed E-state index contributed by atoms with van der Waals surface area (Å²) in [6.45, 7) is 3.48. The maximum Gasteiger partial charge on any atom is 0.219 e. The van der Waals surface area contributed by atoms with Gasteiger partial charge in [-0.3, -0.25) is 0 Å². The van der Waals surface area contributed by atoms with Crippen LogP contribution < -0.4 is 10.1 Å². The molecule has 0 unspecified atom stereocenters. The summed E-state index contributed by atoms with van der Waals surface area (Å²) in [6, 6.07) is 6.28. The van der Waals surface area contributed by atoms with Gasteiger partial charge in [0.1, 0.15) is 11.6 Å². The lowest BCUT2D eigenvalue weighted by Crippen LogP contribution is -2.12. The molecule has 6 heteroatoms. The number of nitrogens with zero attached hydrogens (tertiary/aromatic N) is 1. The molecular weight excluding hydrogens is 347 g/mol. The summed E-state index contributed by atoms with van der Waals surface area (Å²) < 4.78 is 19.3. The van der Waals surface area contributed by atoms with Crippen LogP contribution in [0.25, 0.3) is 0 Å². The second-order valence-corrected chi connectivity index (χ2v) is 5.33. The van der Waals surface area contributed by atoms with E-state index in [1.165, 1.54) is 12.3 Å². The number of nitrogens with one attached hydrogen (secondary N) is 1. The van der Waals surface area contributed by atoms with Crippen LogP contribution in [0, 0.1) is 5.82 Å². The van der Waals surface area contributed by atoms with Crippen molar-refractivity contribution in [1.82, 2.24) is 10.3 Å². The van der Waals surface area contributed by atoms with Gasteiger partial charge in [0.15, 0.2) is 0 Å². The maximum absolute atomic E-state index is 13.4. The molecular formula is C14H13BrClFN2O. The maximum atomic E-state index is 13.4. The Balaban J connectivity index is 2.18. The lowest BCUT2D eigenvalue weighted by molar-refractivity contribution is 0.456. The summed E-state index contributed by atoms with van der Waals surface area (Å²) in [5, 5.41) is 3.75. The van der Waals surface area contributed by atoms with E-state index in [-0.39, 0.29) is 5.82 Å². The topological polar surface area (TPSA) is 34.1 Å². The first-order chi connectivity index (χ1) is 9.60. The predicted octanol–water partition coefficient (Wildman–Crippen LogP) is 4.54. The summed E-state index contributed by atoms with van der Waals surface area (Å²) in [5.74, 6) is 0.378. The molecule has 0 spiro atoms. The molecule has 3 nitrogen and oxygen atoms in total. The van der Waals surface area contributed by atoms with E-state index < -0.39 is 0 Å². The average molecular weight is 360 g/mol. The Kier molecular flexibility index (Phi) is 5.34. The van der Waals surface area contributed by atoms with Gasteiger partial charge in [-0.05, 0) is 40.2 Å². The monoisotopic (exact) mass is 358 g/mol. The Bertz CT molecular complexity index is 610.